The smallest absolute Gasteiger partial charge is 0.251 e. The predicted molar refractivity (Wildman–Crippen MR) is 102 cm³/mol. The van der Waals surface area contributed by atoms with E-state index in [0.29, 0.717) is 23.6 Å². The van der Waals surface area contributed by atoms with Gasteiger partial charge in [0.2, 0.25) is 0 Å². The molecular weight excluding hydrogens is 346 g/mol. The molecule has 0 aromatic carbocycles. The molecule has 7 heteroatoms. The van der Waals surface area contributed by atoms with Crippen LogP contribution in [0.15, 0.2) is 10.4 Å². The lowest BCUT2D eigenvalue weighted by atomic mass is 9.89. The van der Waals surface area contributed by atoms with Crippen LogP contribution in [0, 0.1) is 23.3 Å². The summed E-state index contributed by atoms with van der Waals surface area (Å²) < 4.78 is 0. The van der Waals surface area contributed by atoms with Crippen LogP contribution in [0.5, 0.6) is 0 Å². The van der Waals surface area contributed by atoms with Crippen LogP contribution in [0.2, 0.25) is 0 Å². The highest BCUT2D eigenvalue weighted by Gasteiger charge is 2.36. The third kappa shape index (κ3) is 3.35. The van der Waals surface area contributed by atoms with Crippen LogP contribution in [-0.4, -0.2) is 47.2 Å². The molecule has 0 N–H and O–H groups in total. The van der Waals surface area contributed by atoms with E-state index in [1.54, 1.807) is 16.8 Å². The molecule has 0 radical (unpaired) electrons. The summed E-state index contributed by atoms with van der Waals surface area (Å²) in [5, 5.41) is 11.9. The number of carbonyl (C=O) groups excluding carboxylic acids is 1. The molecule has 26 heavy (non-hydrogen) atoms. The minimum Gasteiger partial charge on any atom is -0.298 e. The first-order valence-corrected chi connectivity index (χ1v) is 10.4. The van der Waals surface area contributed by atoms with Gasteiger partial charge in [0.1, 0.15) is 6.04 Å². The number of carbonyl (C=O) groups is 1. The Morgan fingerprint density at radius 2 is 2.23 bits per heavy atom. The number of amides is 1. The van der Waals surface area contributed by atoms with E-state index in [1.165, 1.54) is 30.6 Å². The normalized spacial score (nSPS) is 28.6. The highest BCUT2D eigenvalue weighted by molar-refractivity contribution is 7.14. The van der Waals surface area contributed by atoms with Gasteiger partial charge in [-0.25, -0.2) is 4.98 Å². The zero-order chi connectivity index (χ0) is 18.3. The first-order chi connectivity index (χ1) is 12.6. The van der Waals surface area contributed by atoms with Crippen molar-refractivity contribution in [3.05, 3.63) is 11.1 Å². The Kier molecular flexibility index (Phi) is 4.70. The molecule has 1 aromatic rings. The fourth-order valence-electron chi connectivity index (χ4n) is 4.09. The van der Waals surface area contributed by atoms with Gasteiger partial charge < -0.3 is 0 Å². The Labute approximate surface area is 158 Å². The van der Waals surface area contributed by atoms with Crippen molar-refractivity contribution in [2.75, 3.05) is 18.5 Å². The van der Waals surface area contributed by atoms with Crippen LogP contribution in [0.3, 0.4) is 0 Å². The zero-order valence-corrected chi connectivity index (χ0v) is 16.2. The number of nitrogens with zero attached hydrogens (tertiary/aromatic N) is 5. The second kappa shape index (κ2) is 6.99. The quantitative estimate of drug-likeness (QED) is 0.763. The Morgan fingerprint density at radius 1 is 1.42 bits per heavy atom. The number of rotatable bonds is 4. The molecule has 1 saturated carbocycles. The Hall–Kier alpha value is -1.94. The lowest BCUT2D eigenvalue weighted by Gasteiger charge is -2.25. The third-order valence-electron chi connectivity index (χ3n) is 5.75. The van der Waals surface area contributed by atoms with Crippen molar-refractivity contribution in [2.45, 2.75) is 57.5 Å². The van der Waals surface area contributed by atoms with E-state index in [1.807, 2.05) is 5.38 Å². The maximum Gasteiger partial charge on any atom is 0.251 e. The van der Waals surface area contributed by atoms with Gasteiger partial charge in [-0.15, -0.1) is 11.3 Å². The fraction of sp³-hybridized carbons (Fsp3) is 0.684. The second-order valence-corrected chi connectivity index (χ2v) is 8.73. The van der Waals surface area contributed by atoms with Gasteiger partial charge in [0.25, 0.3) is 5.91 Å². The van der Waals surface area contributed by atoms with E-state index in [4.69, 9.17) is 9.98 Å². The van der Waals surface area contributed by atoms with Crippen LogP contribution in [-0.2, 0) is 4.79 Å². The summed E-state index contributed by atoms with van der Waals surface area (Å²) >= 11 is 1.49. The molecule has 138 valence electrons. The number of aromatic nitrogens is 1. The fourth-order valence-corrected chi connectivity index (χ4v) is 4.90. The monoisotopic (exact) mass is 371 g/mol. The average Bonchev–Trinajstić information content (AvgIpc) is 3.19. The molecule has 3 aliphatic rings. The van der Waals surface area contributed by atoms with Crippen molar-refractivity contribution in [3.8, 4) is 6.19 Å². The van der Waals surface area contributed by atoms with Crippen LogP contribution < -0.4 is 4.90 Å². The summed E-state index contributed by atoms with van der Waals surface area (Å²) in [7, 11) is 1.76. The summed E-state index contributed by atoms with van der Waals surface area (Å²) in [6, 6.07) is 0.115. The van der Waals surface area contributed by atoms with Gasteiger partial charge in [-0.2, -0.15) is 5.26 Å². The van der Waals surface area contributed by atoms with Crippen LogP contribution in [0.1, 0.15) is 51.1 Å². The average molecular weight is 372 g/mol. The SMILES string of the molecule is CC1CC(c2csc(N(C)C(=O)[C@@H]3CCCN3C#N)n2)=NC(C2CC2)C1. The van der Waals surface area contributed by atoms with E-state index in [9.17, 15) is 10.1 Å². The van der Waals surface area contributed by atoms with Gasteiger partial charge in [-0.3, -0.25) is 19.6 Å². The van der Waals surface area contributed by atoms with Gasteiger partial charge >= 0.3 is 0 Å². The zero-order valence-electron chi connectivity index (χ0n) is 15.4. The van der Waals surface area contributed by atoms with Crippen molar-refractivity contribution in [3.63, 3.8) is 0 Å². The van der Waals surface area contributed by atoms with Crippen LogP contribution in [0.25, 0.3) is 0 Å². The molecular formula is C19H25N5OS. The van der Waals surface area contributed by atoms with Gasteiger partial charge in [-0.05, 0) is 50.4 Å². The summed E-state index contributed by atoms with van der Waals surface area (Å²) in [5.41, 5.74) is 2.02. The number of aliphatic imine (C=N–C) groups is 1. The minimum atomic E-state index is -0.344. The number of hydrogen-bond donors (Lipinski definition) is 0. The van der Waals surface area contributed by atoms with E-state index in [0.717, 1.165) is 36.6 Å². The molecule has 2 fully saturated rings. The molecule has 3 heterocycles. The molecule has 3 atom stereocenters. The number of thiazole rings is 1. The van der Waals surface area contributed by atoms with Crippen molar-refractivity contribution >= 4 is 28.1 Å². The maximum atomic E-state index is 12.8. The molecule has 6 nitrogen and oxygen atoms in total. The molecule has 1 aliphatic carbocycles. The summed E-state index contributed by atoms with van der Waals surface area (Å²) in [4.78, 5) is 25.7. The second-order valence-electron chi connectivity index (χ2n) is 7.89. The molecule has 2 unspecified atom stereocenters. The minimum absolute atomic E-state index is 0.0419. The highest BCUT2D eigenvalue weighted by atomic mass is 32.1. The largest absolute Gasteiger partial charge is 0.298 e. The van der Waals surface area contributed by atoms with Crippen molar-refractivity contribution in [2.24, 2.45) is 16.8 Å². The van der Waals surface area contributed by atoms with E-state index >= 15 is 0 Å². The van der Waals surface area contributed by atoms with Crippen LogP contribution in [0.4, 0.5) is 5.13 Å². The Balaban J connectivity index is 1.50. The Bertz CT molecular complexity index is 762. The summed E-state index contributed by atoms with van der Waals surface area (Å²) in [6.45, 7) is 2.96. The Morgan fingerprint density at radius 3 is 2.96 bits per heavy atom. The molecule has 0 bridgehead atoms. The van der Waals surface area contributed by atoms with Crippen LogP contribution >= 0.6 is 11.3 Å². The number of anilines is 1. The number of likely N-dealkylation sites (tertiary alicyclic amines) is 1. The molecule has 2 aliphatic heterocycles. The predicted octanol–water partition coefficient (Wildman–Crippen LogP) is 3.05. The molecule has 1 aromatic heterocycles. The summed E-state index contributed by atoms with van der Waals surface area (Å²) in [5.74, 6) is 1.37. The van der Waals surface area contributed by atoms with Crippen molar-refractivity contribution in [1.29, 1.82) is 5.26 Å². The van der Waals surface area contributed by atoms with Gasteiger partial charge in [-0.1, -0.05) is 6.92 Å². The van der Waals surface area contributed by atoms with E-state index in [2.05, 4.69) is 13.1 Å². The van der Waals surface area contributed by atoms with Crippen molar-refractivity contribution in [1.82, 2.24) is 9.88 Å². The first-order valence-electron chi connectivity index (χ1n) is 9.53. The van der Waals surface area contributed by atoms with E-state index in [-0.39, 0.29) is 11.9 Å². The molecule has 0 spiro atoms. The highest BCUT2D eigenvalue weighted by Crippen LogP contribution is 2.40. The standard InChI is InChI=1S/C19H25N5OS/c1-12-8-14(13-5-6-13)21-15(9-12)16-10-26-19(22-16)23(2)18(25)17-4-3-7-24(17)11-20/h10,12-14,17H,3-9H2,1-2H3/t12?,14?,17-/m0/s1. The lowest BCUT2D eigenvalue weighted by molar-refractivity contribution is -0.121. The van der Waals surface area contributed by atoms with Gasteiger partial charge in [0.15, 0.2) is 11.3 Å². The third-order valence-corrected chi connectivity index (χ3v) is 6.66. The molecule has 1 saturated heterocycles. The first kappa shape index (κ1) is 17.5. The maximum absolute atomic E-state index is 12.8. The number of likely N-dealkylation sites (N-methyl/N-ethyl adjacent to an activating group) is 1. The number of nitriles is 1. The lowest BCUT2D eigenvalue weighted by Crippen LogP contribution is -2.42. The molecule has 1 amide bonds. The summed E-state index contributed by atoms with van der Waals surface area (Å²) in [6.07, 6.45) is 8.54. The van der Waals surface area contributed by atoms with E-state index < -0.39 is 0 Å². The number of hydrogen-bond acceptors (Lipinski definition) is 6. The van der Waals surface area contributed by atoms with Crippen molar-refractivity contribution < 1.29 is 4.79 Å². The topological polar surface area (TPSA) is 72.6 Å². The molecule has 4 rings (SSSR count). The van der Waals surface area contributed by atoms with Gasteiger partial charge in [0, 0.05) is 19.0 Å². The van der Waals surface area contributed by atoms with Gasteiger partial charge in [0.05, 0.1) is 17.4 Å².